The first-order valence-corrected chi connectivity index (χ1v) is 7.17. The first kappa shape index (κ1) is 13.7. The highest BCUT2D eigenvalue weighted by molar-refractivity contribution is 7.20. The molecule has 0 amide bonds. The largest absolute Gasteiger partial charge is 0.345 e. The van der Waals surface area contributed by atoms with E-state index >= 15 is 0 Å². The molecular weight excluding hydrogens is 291 g/mol. The summed E-state index contributed by atoms with van der Waals surface area (Å²) in [6.07, 6.45) is 1.47. The van der Waals surface area contributed by atoms with Crippen molar-refractivity contribution in [1.29, 1.82) is 0 Å². The van der Waals surface area contributed by atoms with Crippen LogP contribution in [0, 0.1) is 12.7 Å². The van der Waals surface area contributed by atoms with Crippen molar-refractivity contribution in [2.24, 2.45) is 0 Å². The molecule has 0 saturated carbocycles. The van der Waals surface area contributed by atoms with E-state index in [1.54, 1.807) is 13.0 Å². The van der Waals surface area contributed by atoms with Crippen LogP contribution in [-0.2, 0) is 6.54 Å². The van der Waals surface area contributed by atoms with Crippen LogP contribution >= 0.6 is 11.3 Å². The molecule has 0 N–H and O–H groups in total. The Kier molecular flexibility index (Phi) is 3.42. The van der Waals surface area contributed by atoms with Crippen LogP contribution in [0.4, 0.5) is 9.52 Å². The van der Waals surface area contributed by atoms with Gasteiger partial charge in [0.25, 0.3) is 5.56 Å². The summed E-state index contributed by atoms with van der Waals surface area (Å²) < 4.78 is 14.8. The molecule has 0 aliphatic rings. The standard InChI is InChI=1S/C14H13FN4OS/c1-9-3-4-10(7-11(9)15)8-18(2)14-17-19-12(20)5-6-16-13(19)21-14/h3-7H,8H2,1-2H3. The summed E-state index contributed by atoms with van der Waals surface area (Å²) in [5.74, 6) is -0.219. The number of aromatic nitrogens is 3. The molecule has 1 aromatic carbocycles. The first-order valence-electron chi connectivity index (χ1n) is 6.35. The molecule has 108 valence electrons. The number of nitrogens with zero attached hydrogens (tertiary/aromatic N) is 4. The van der Waals surface area contributed by atoms with Gasteiger partial charge in [-0.1, -0.05) is 23.5 Å². The van der Waals surface area contributed by atoms with E-state index in [1.165, 1.54) is 34.2 Å². The van der Waals surface area contributed by atoms with Gasteiger partial charge < -0.3 is 4.90 Å². The molecule has 0 atom stereocenters. The second-order valence-corrected chi connectivity index (χ2v) is 5.74. The van der Waals surface area contributed by atoms with Gasteiger partial charge in [0.15, 0.2) is 0 Å². The predicted octanol–water partition coefficient (Wildman–Crippen LogP) is 2.23. The van der Waals surface area contributed by atoms with Crippen LogP contribution in [-0.4, -0.2) is 21.6 Å². The fourth-order valence-corrected chi connectivity index (χ4v) is 2.80. The molecule has 2 aromatic heterocycles. The van der Waals surface area contributed by atoms with E-state index in [0.29, 0.717) is 22.2 Å². The van der Waals surface area contributed by atoms with Crippen molar-refractivity contribution in [3.63, 3.8) is 0 Å². The molecule has 3 aromatic rings. The van der Waals surface area contributed by atoms with Gasteiger partial charge >= 0.3 is 0 Å². The van der Waals surface area contributed by atoms with Gasteiger partial charge in [-0.05, 0) is 24.1 Å². The number of aryl methyl sites for hydroxylation is 1. The number of benzene rings is 1. The van der Waals surface area contributed by atoms with Crippen molar-refractivity contribution in [2.45, 2.75) is 13.5 Å². The zero-order valence-electron chi connectivity index (χ0n) is 11.6. The summed E-state index contributed by atoms with van der Waals surface area (Å²) in [6, 6.07) is 6.52. The van der Waals surface area contributed by atoms with E-state index in [2.05, 4.69) is 10.1 Å². The summed E-state index contributed by atoms with van der Waals surface area (Å²) >= 11 is 1.32. The lowest BCUT2D eigenvalue weighted by molar-refractivity contribution is 0.615. The minimum Gasteiger partial charge on any atom is -0.345 e. The molecule has 2 heterocycles. The molecule has 0 radical (unpaired) electrons. The Morgan fingerprint density at radius 2 is 2.19 bits per heavy atom. The van der Waals surface area contributed by atoms with Crippen LogP contribution in [0.5, 0.6) is 0 Å². The molecular formula is C14H13FN4OS. The van der Waals surface area contributed by atoms with Crippen LogP contribution in [0.3, 0.4) is 0 Å². The topological polar surface area (TPSA) is 50.5 Å². The molecule has 21 heavy (non-hydrogen) atoms. The molecule has 0 unspecified atom stereocenters. The molecule has 0 aliphatic carbocycles. The lowest BCUT2D eigenvalue weighted by Crippen LogP contribution is -2.18. The van der Waals surface area contributed by atoms with Crippen molar-refractivity contribution in [2.75, 3.05) is 11.9 Å². The van der Waals surface area contributed by atoms with Gasteiger partial charge in [0.05, 0.1) is 0 Å². The van der Waals surface area contributed by atoms with E-state index in [-0.39, 0.29) is 11.4 Å². The molecule has 0 spiro atoms. The zero-order chi connectivity index (χ0) is 15.0. The quantitative estimate of drug-likeness (QED) is 0.744. The summed E-state index contributed by atoms with van der Waals surface area (Å²) in [4.78, 5) is 18.2. The Morgan fingerprint density at radius 1 is 1.38 bits per heavy atom. The van der Waals surface area contributed by atoms with Crippen molar-refractivity contribution in [3.8, 4) is 0 Å². The highest BCUT2D eigenvalue weighted by atomic mass is 32.1. The third-order valence-electron chi connectivity index (χ3n) is 3.14. The number of rotatable bonds is 3. The summed E-state index contributed by atoms with van der Waals surface area (Å²) in [5, 5.41) is 4.90. The zero-order valence-corrected chi connectivity index (χ0v) is 12.4. The Balaban J connectivity index is 1.89. The fraction of sp³-hybridized carbons (Fsp3) is 0.214. The third kappa shape index (κ3) is 2.64. The monoisotopic (exact) mass is 304 g/mol. The summed E-state index contributed by atoms with van der Waals surface area (Å²) in [6.45, 7) is 2.24. The molecule has 0 aliphatic heterocycles. The van der Waals surface area contributed by atoms with Crippen molar-refractivity contribution < 1.29 is 4.39 Å². The minimum atomic E-state index is -0.219. The van der Waals surface area contributed by atoms with Gasteiger partial charge in [-0.3, -0.25) is 4.79 Å². The smallest absolute Gasteiger partial charge is 0.275 e. The van der Waals surface area contributed by atoms with Gasteiger partial charge in [-0.2, -0.15) is 4.52 Å². The second kappa shape index (κ2) is 5.25. The Morgan fingerprint density at radius 3 is 2.90 bits per heavy atom. The van der Waals surface area contributed by atoms with E-state index in [4.69, 9.17) is 0 Å². The molecule has 0 saturated heterocycles. The van der Waals surface area contributed by atoms with Gasteiger partial charge in [-0.15, -0.1) is 5.10 Å². The average molecular weight is 304 g/mol. The van der Waals surface area contributed by atoms with E-state index in [0.717, 1.165) is 5.56 Å². The van der Waals surface area contributed by atoms with Crippen LogP contribution in [0.15, 0.2) is 35.3 Å². The summed E-state index contributed by atoms with van der Waals surface area (Å²) in [7, 11) is 1.85. The van der Waals surface area contributed by atoms with E-state index in [1.807, 2.05) is 18.0 Å². The molecule has 0 fully saturated rings. The van der Waals surface area contributed by atoms with Crippen molar-refractivity contribution in [1.82, 2.24) is 14.6 Å². The normalized spacial score (nSPS) is 11.0. The second-order valence-electron chi connectivity index (χ2n) is 4.80. The van der Waals surface area contributed by atoms with Gasteiger partial charge in [0.1, 0.15) is 5.82 Å². The number of anilines is 1. The van der Waals surface area contributed by atoms with Gasteiger partial charge in [-0.25, -0.2) is 9.37 Å². The summed E-state index contributed by atoms with van der Waals surface area (Å²) in [5.41, 5.74) is 1.26. The lowest BCUT2D eigenvalue weighted by atomic mass is 10.1. The molecule has 7 heteroatoms. The average Bonchev–Trinajstić information content (AvgIpc) is 2.89. The maximum atomic E-state index is 13.6. The van der Waals surface area contributed by atoms with Crippen LogP contribution in [0.2, 0.25) is 0 Å². The third-order valence-corrected chi connectivity index (χ3v) is 4.18. The minimum absolute atomic E-state index is 0.211. The maximum Gasteiger partial charge on any atom is 0.275 e. The number of hydrogen-bond donors (Lipinski definition) is 0. The van der Waals surface area contributed by atoms with Crippen LogP contribution in [0.25, 0.3) is 4.96 Å². The van der Waals surface area contributed by atoms with Gasteiger partial charge in [0.2, 0.25) is 10.1 Å². The SMILES string of the molecule is Cc1ccc(CN(C)c2nn3c(=O)ccnc3s2)cc1F. The maximum absolute atomic E-state index is 13.6. The van der Waals surface area contributed by atoms with Crippen LogP contribution < -0.4 is 10.5 Å². The predicted molar refractivity (Wildman–Crippen MR) is 80.4 cm³/mol. The lowest BCUT2D eigenvalue weighted by Gasteiger charge is -2.15. The number of fused-ring (bicyclic) bond motifs is 1. The van der Waals surface area contributed by atoms with E-state index < -0.39 is 0 Å². The fourth-order valence-electron chi connectivity index (χ4n) is 1.96. The Hall–Kier alpha value is -2.28. The van der Waals surface area contributed by atoms with Crippen molar-refractivity contribution >= 4 is 21.4 Å². The molecule has 0 bridgehead atoms. The Labute approximate surface area is 124 Å². The van der Waals surface area contributed by atoms with Crippen LogP contribution in [0.1, 0.15) is 11.1 Å². The molecule has 5 nitrogen and oxygen atoms in total. The number of halogens is 1. The molecule has 3 rings (SSSR count). The van der Waals surface area contributed by atoms with Crippen molar-refractivity contribution in [3.05, 3.63) is 57.8 Å². The number of hydrogen-bond acceptors (Lipinski definition) is 5. The van der Waals surface area contributed by atoms with E-state index in [9.17, 15) is 9.18 Å². The Bertz CT molecular complexity index is 858. The highest BCUT2D eigenvalue weighted by Crippen LogP contribution is 2.21. The first-order chi connectivity index (χ1) is 10.0. The highest BCUT2D eigenvalue weighted by Gasteiger charge is 2.11. The van der Waals surface area contributed by atoms with Gasteiger partial charge in [0, 0.05) is 25.9 Å².